The zero-order chi connectivity index (χ0) is 12.8. The number of halogens is 1. The molecule has 1 aromatic carbocycles. The Balaban J connectivity index is 2.62. The van der Waals surface area contributed by atoms with Crippen molar-refractivity contribution >= 4 is 0 Å². The lowest BCUT2D eigenvalue weighted by molar-refractivity contribution is 0.167. The molecule has 96 valence electrons. The van der Waals surface area contributed by atoms with E-state index in [0.29, 0.717) is 0 Å². The van der Waals surface area contributed by atoms with E-state index in [2.05, 4.69) is 19.2 Å². The van der Waals surface area contributed by atoms with Crippen molar-refractivity contribution < 1.29 is 9.50 Å². The number of hydrogen-bond acceptors (Lipinski definition) is 2. The summed E-state index contributed by atoms with van der Waals surface area (Å²) in [5.41, 5.74) is 1.09. The van der Waals surface area contributed by atoms with E-state index in [1.807, 2.05) is 12.1 Å². The highest BCUT2D eigenvalue weighted by Crippen LogP contribution is 2.18. The van der Waals surface area contributed by atoms with Crippen LogP contribution in [0.15, 0.2) is 24.3 Å². The summed E-state index contributed by atoms with van der Waals surface area (Å²) in [7, 11) is 0. The lowest BCUT2D eigenvalue weighted by atomic mass is 10.0. The van der Waals surface area contributed by atoms with Crippen molar-refractivity contribution in [2.45, 2.75) is 51.8 Å². The molecule has 17 heavy (non-hydrogen) atoms. The number of aliphatic hydroxyl groups is 1. The minimum atomic E-state index is -0.303. The van der Waals surface area contributed by atoms with Gasteiger partial charge in [0.15, 0.2) is 0 Å². The van der Waals surface area contributed by atoms with Crippen molar-refractivity contribution in [3.8, 4) is 0 Å². The maximum atomic E-state index is 12.8. The molecule has 1 aromatic rings. The summed E-state index contributed by atoms with van der Waals surface area (Å²) in [5.74, 6) is -0.208. The molecule has 0 amide bonds. The first-order valence-electron chi connectivity index (χ1n) is 6.22. The monoisotopic (exact) mass is 239 g/mol. The Morgan fingerprint density at radius 2 is 1.82 bits per heavy atom. The van der Waals surface area contributed by atoms with E-state index in [-0.39, 0.29) is 24.0 Å². The summed E-state index contributed by atoms with van der Waals surface area (Å²) in [5, 5.41) is 12.8. The third kappa shape index (κ3) is 4.84. The molecule has 0 heterocycles. The molecule has 2 N–H and O–H groups in total. The van der Waals surface area contributed by atoms with Crippen LogP contribution in [-0.2, 0) is 0 Å². The van der Waals surface area contributed by atoms with Crippen molar-refractivity contribution in [3.63, 3.8) is 0 Å². The quantitative estimate of drug-likeness (QED) is 0.799. The normalized spacial score (nSPS) is 16.5. The van der Waals surface area contributed by atoms with Gasteiger partial charge in [0.2, 0.25) is 0 Å². The maximum Gasteiger partial charge on any atom is 0.123 e. The zero-order valence-corrected chi connectivity index (χ0v) is 10.8. The standard InChI is InChI=1S/C14H22FNO/c1-4-14(16-10(2)9-11(3)17)12-5-7-13(15)8-6-12/h5-8,10-11,14,16-17H,4,9H2,1-3H3. The van der Waals surface area contributed by atoms with Gasteiger partial charge in [0, 0.05) is 12.1 Å². The van der Waals surface area contributed by atoms with Gasteiger partial charge in [-0.2, -0.15) is 0 Å². The van der Waals surface area contributed by atoms with E-state index < -0.39 is 0 Å². The second kappa shape index (κ2) is 6.72. The van der Waals surface area contributed by atoms with Crippen LogP contribution in [0.2, 0.25) is 0 Å². The highest BCUT2D eigenvalue weighted by molar-refractivity contribution is 5.19. The molecule has 0 bridgehead atoms. The smallest absolute Gasteiger partial charge is 0.123 e. The minimum Gasteiger partial charge on any atom is -0.393 e. The molecule has 3 atom stereocenters. The third-order valence-electron chi connectivity index (χ3n) is 2.86. The molecule has 3 heteroatoms. The van der Waals surface area contributed by atoms with E-state index in [1.54, 1.807) is 6.92 Å². The molecule has 0 radical (unpaired) electrons. The first-order chi connectivity index (χ1) is 8.02. The van der Waals surface area contributed by atoms with Gasteiger partial charge in [0.1, 0.15) is 5.82 Å². The van der Waals surface area contributed by atoms with Crippen LogP contribution < -0.4 is 5.32 Å². The van der Waals surface area contributed by atoms with Gasteiger partial charge in [-0.1, -0.05) is 19.1 Å². The summed E-state index contributed by atoms with van der Waals surface area (Å²) >= 11 is 0. The lowest BCUT2D eigenvalue weighted by Crippen LogP contribution is -2.32. The fourth-order valence-corrected chi connectivity index (χ4v) is 2.07. The Morgan fingerprint density at radius 3 is 2.29 bits per heavy atom. The Kier molecular flexibility index (Phi) is 5.59. The molecule has 3 unspecified atom stereocenters. The van der Waals surface area contributed by atoms with Crippen LogP contribution in [0.25, 0.3) is 0 Å². The van der Waals surface area contributed by atoms with Crippen LogP contribution in [0.5, 0.6) is 0 Å². The topological polar surface area (TPSA) is 32.3 Å². The number of nitrogens with one attached hydrogen (secondary N) is 1. The first-order valence-corrected chi connectivity index (χ1v) is 6.22. The van der Waals surface area contributed by atoms with Gasteiger partial charge >= 0.3 is 0 Å². The molecule has 0 aliphatic heterocycles. The molecular weight excluding hydrogens is 217 g/mol. The largest absolute Gasteiger partial charge is 0.393 e. The van der Waals surface area contributed by atoms with Crippen molar-refractivity contribution in [1.29, 1.82) is 0 Å². The molecule has 0 fully saturated rings. The van der Waals surface area contributed by atoms with Crippen LogP contribution in [0.3, 0.4) is 0 Å². The van der Waals surface area contributed by atoms with E-state index in [9.17, 15) is 9.50 Å². The molecule has 0 spiro atoms. The van der Waals surface area contributed by atoms with E-state index in [4.69, 9.17) is 0 Å². The van der Waals surface area contributed by atoms with Gasteiger partial charge < -0.3 is 10.4 Å². The van der Waals surface area contributed by atoms with Gasteiger partial charge in [-0.05, 0) is 44.4 Å². The Labute approximate surface area is 103 Å². The molecule has 0 aromatic heterocycles. The van der Waals surface area contributed by atoms with Crippen LogP contribution in [0.1, 0.15) is 45.2 Å². The predicted molar refractivity (Wildman–Crippen MR) is 68.3 cm³/mol. The maximum absolute atomic E-state index is 12.8. The number of hydrogen-bond donors (Lipinski definition) is 2. The SMILES string of the molecule is CCC(NC(C)CC(C)O)c1ccc(F)cc1. The van der Waals surface area contributed by atoms with E-state index in [1.165, 1.54) is 12.1 Å². The Bertz CT molecular complexity index is 323. The second-order valence-electron chi connectivity index (χ2n) is 4.66. The van der Waals surface area contributed by atoms with Crippen LogP contribution in [0, 0.1) is 5.82 Å². The number of rotatable bonds is 6. The van der Waals surface area contributed by atoms with Gasteiger partial charge in [0.25, 0.3) is 0 Å². The third-order valence-corrected chi connectivity index (χ3v) is 2.86. The van der Waals surface area contributed by atoms with Crippen LogP contribution >= 0.6 is 0 Å². The second-order valence-corrected chi connectivity index (χ2v) is 4.66. The van der Waals surface area contributed by atoms with Crippen molar-refractivity contribution in [2.75, 3.05) is 0 Å². The first kappa shape index (κ1) is 14.1. The minimum absolute atomic E-state index is 0.208. The number of aliphatic hydroxyl groups excluding tert-OH is 1. The Morgan fingerprint density at radius 1 is 1.24 bits per heavy atom. The lowest BCUT2D eigenvalue weighted by Gasteiger charge is -2.23. The molecule has 0 saturated heterocycles. The van der Waals surface area contributed by atoms with Gasteiger partial charge in [0.05, 0.1) is 6.10 Å². The fraction of sp³-hybridized carbons (Fsp3) is 0.571. The summed E-state index contributed by atoms with van der Waals surface area (Å²) in [6.07, 6.45) is 1.36. The molecule has 0 aliphatic rings. The van der Waals surface area contributed by atoms with Crippen LogP contribution in [0.4, 0.5) is 4.39 Å². The Hall–Kier alpha value is -0.930. The molecule has 0 saturated carbocycles. The van der Waals surface area contributed by atoms with E-state index >= 15 is 0 Å². The molecule has 1 rings (SSSR count). The summed E-state index contributed by atoms with van der Waals surface area (Å²) in [6.45, 7) is 5.94. The molecule has 0 aliphatic carbocycles. The van der Waals surface area contributed by atoms with E-state index in [0.717, 1.165) is 18.4 Å². The summed E-state index contributed by atoms with van der Waals surface area (Å²) < 4.78 is 12.8. The predicted octanol–water partition coefficient (Wildman–Crippen LogP) is 3.03. The molecule has 2 nitrogen and oxygen atoms in total. The van der Waals surface area contributed by atoms with Crippen molar-refractivity contribution in [3.05, 3.63) is 35.6 Å². The number of benzene rings is 1. The highest BCUT2D eigenvalue weighted by Gasteiger charge is 2.13. The van der Waals surface area contributed by atoms with Gasteiger partial charge in [-0.25, -0.2) is 4.39 Å². The van der Waals surface area contributed by atoms with Gasteiger partial charge in [-0.3, -0.25) is 0 Å². The summed E-state index contributed by atoms with van der Waals surface area (Å²) in [6, 6.07) is 7.05. The molecular formula is C14H22FNO. The van der Waals surface area contributed by atoms with Crippen molar-refractivity contribution in [1.82, 2.24) is 5.32 Å². The average molecular weight is 239 g/mol. The van der Waals surface area contributed by atoms with Crippen molar-refractivity contribution in [2.24, 2.45) is 0 Å². The summed E-state index contributed by atoms with van der Waals surface area (Å²) in [4.78, 5) is 0. The zero-order valence-electron chi connectivity index (χ0n) is 10.8. The average Bonchev–Trinajstić information content (AvgIpc) is 2.26. The highest BCUT2D eigenvalue weighted by atomic mass is 19.1. The van der Waals surface area contributed by atoms with Gasteiger partial charge in [-0.15, -0.1) is 0 Å². The van der Waals surface area contributed by atoms with Crippen LogP contribution in [-0.4, -0.2) is 17.3 Å². The fourth-order valence-electron chi connectivity index (χ4n) is 2.07.